The van der Waals surface area contributed by atoms with Crippen molar-refractivity contribution < 1.29 is 19.4 Å². The van der Waals surface area contributed by atoms with Gasteiger partial charge in [-0.2, -0.15) is 0 Å². The first-order chi connectivity index (χ1) is 16.0. The Balaban J connectivity index is 1.31. The highest BCUT2D eigenvalue weighted by atomic mass is 16.5. The van der Waals surface area contributed by atoms with Gasteiger partial charge in [-0.15, -0.1) is 0 Å². The van der Waals surface area contributed by atoms with Gasteiger partial charge in [-0.05, 0) is 87.2 Å². The zero-order chi connectivity index (χ0) is 22.9. The second-order valence-electron chi connectivity index (χ2n) is 8.96. The van der Waals surface area contributed by atoms with Gasteiger partial charge in [-0.25, -0.2) is 4.79 Å². The number of fused-ring (bicyclic) bond motifs is 2. The number of carbonyl (C=O) groups is 2. The number of amides is 1. The standard InChI is InChI=1S/C26H29N3O4/c1-18-4-2-12-27(18)13-3-15-33-22-7-9-24-19(17-22)5-10-25(30)29(24)21-6-8-23-20(16-21)11-14-28(23)26(31)32/h6-9,11,14,16-18H,2-5,10,12-13,15H2,1H3,(H,31,32)/t18-/m1/s1. The molecule has 0 saturated carbocycles. The van der Waals surface area contributed by atoms with Crippen LogP contribution in [0.25, 0.3) is 10.9 Å². The lowest BCUT2D eigenvalue weighted by molar-refractivity contribution is -0.118. The van der Waals surface area contributed by atoms with Gasteiger partial charge in [-0.3, -0.25) is 14.3 Å². The van der Waals surface area contributed by atoms with Crippen LogP contribution < -0.4 is 9.64 Å². The lowest BCUT2D eigenvalue weighted by Crippen LogP contribution is -2.30. The number of carbonyl (C=O) groups excluding carboxylic acids is 1. The van der Waals surface area contributed by atoms with Crippen LogP contribution in [0.1, 0.15) is 38.2 Å². The first-order valence-corrected chi connectivity index (χ1v) is 11.7. The molecule has 0 radical (unpaired) electrons. The summed E-state index contributed by atoms with van der Waals surface area (Å²) in [5.41, 5.74) is 3.29. The van der Waals surface area contributed by atoms with Gasteiger partial charge >= 0.3 is 6.09 Å². The lowest BCUT2D eigenvalue weighted by atomic mass is 10.00. The molecule has 7 heteroatoms. The van der Waals surface area contributed by atoms with Crippen LogP contribution in [0.15, 0.2) is 48.7 Å². The minimum atomic E-state index is -1.03. The maximum absolute atomic E-state index is 12.8. The summed E-state index contributed by atoms with van der Waals surface area (Å²) < 4.78 is 7.21. The molecule has 33 heavy (non-hydrogen) atoms. The molecule has 1 aromatic heterocycles. The third kappa shape index (κ3) is 4.20. The van der Waals surface area contributed by atoms with E-state index in [1.807, 2.05) is 24.3 Å². The van der Waals surface area contributed by atoms with Crippen LogP contribution in [0, 0.1) is 0 Å². The van der Waals surface area contributed by atoms with Gasteiger partial charge < -0.3 is 14.7 Å². The summed E-state index contributed by atoms with van der Waals surface area (Å²) in [6.45, 7) is 5.24. The van der Waals surface area contributed by atoms with E-state index in [4.69, 9.17) is 4.74 Å². The van der Waals surface area contributed by atoms with Crippen LogP contribution in [0.3, 0.4) is 0 Å². The molecule has 172 valence electrons. The van der Waals surface area contributed by atoms with Gasteiger partial charge in [0.2, 0.25) is 5.91 Å². The second kappa shape index (κ2) is 8.90. The average molecular weight is 448 g/mol. The number of carboxylic acid groups (broad SMARTS) is 1. The van der Waals surface area contributed by atoms with E-state index in [1.165, 1.54) is 30.2 Å². The molecule has 2 aliphatic heterocycles. The molecule has 3 heterocycles. The Bertz CT molecular complexity index is 1200. The van der Waals surface area contributed by atoms with Crippen LogP contribution in [-0.2, 0) is 11.2 Å². The largest absolute Gasteiger partial charge is 0.494 e. The van der Waals surface area contributed by atoms with E-state index in [0.717, 1.165) is 41.0 Å². The molecule has 5 rings (SSSR count). The monoisotopic (exact) mass is 447 g/mol. The topological polar surface area (TPSA) is 75.0 Å². The van der Waals surface area contributed by atoms with Crippen molar-refractivity contribution in [3.05, 3.63) is 54.2 Å². The molecule has 2 aliphatic rings. The number of nitrogens with zero attached hydrogens (tertiary/aromatic N) is 3. The van der Waals surface area contributed by atoms with Crippen molar-refractivity contribution in [1.29, 1.82) is 0 Å². The summed E-state index contributed by atoms with van der Waals surface area (Å²) in [5, 5.41) is 10.1. The predicted molar refractivity (Wildman–Crippen MR) is 128 cm³/mol. The summed E-state index contributed by atoms with van der Waals surface area (Å²) in [6.07, 6.45) is 5.19. The summed E-state index contributed by atoms with van der Waals surface area (Å²) in [4.78, 5) is 28.5. The van der Waals surface area contributed by atoms with Crippen LogP contribution in [0.4, 0.5) is 16.2 Å². The highest BCUT2D eigenvalue weighted by molar-refractivity contribution is 6.05. The Kier molecular flexibility index (Phi) is 5.81. The molecule has 0 bridgehead atoms. The molecule has 0 aliphatic carbocycles. The smallest absolute Gasteiger partial charge is 0.415 e. The Morgan fingerprint density at radius 2 is 2.03 bits per heavy atom. The molecule has 2 aromatic carbocycles. The summed E-state index contributed by atoms with van der Waals surface area (Å²) >= 11 is 0. The number of benzene rings is 2. The zero-order valence-corrected chi connectivity index (χ0v) is 18.9. The number of likely N-dealkylation sites (tertiary alicyclic amines) is 1. The fraction of sp³-hybridized carbons (Fsp3) is 0.385. The van der Waals surface area contributed by atoms with Crippen molar-refractivity contribution in [2.45, 2.75) is 45.1 Å². The zero-order valence-electron chi connectivity index (χ0n) is 18.9. The number of ether oxygens (including phenoxy) is 1. The van der Waals surface area contributed by atoms with Crippen molar-refractivity contribution >= 4 is 34.3 Å². The first-order valence-electron chi connectivity index (χ1n) is 11.7. The van der Waals surface area contributed by atoms with E-state index in [9.17, 15) is 14.7 Å². The predicted octanol–water partition coefficient (Wildman–Crippen LogP) is 5.03. The van der Waals surface area contributed by atoms with Gasteiger partial charge in [-0.1, -0.05) is 0 Å². The summed E-state index contributed by atoms with van der Waals surface area (Å²) in [6, 6.07) is 13.8. The minimum absolute atomic E-state index is 0.0351. The van der Waals surface area contributed by atoms with Crippen molar-refractivity contribution in [2.24, 2.45) is 0 Å². The molecule has 7 nitrogen and oxygen atoms in total. The fourth-order valence-electron chi connectivity index (χ4n) is 5.06. The van der Waals surface area contributed by atoms with Crippen LogP contribution >= 0.6 is 0 Å². The number of hydrogen-bond donors (Lipinski definition) is 1. The third-order valence-corrected chi connectivity index (χ3v) is 6.84. The van der Waals surface area contributed by atoms with E-state index in [2.05, 4.69) is 11.8 Å². The molecule has 1 saturated heterocycles. The molecule has 3 aromatic rings. The second-order valence-corrected chi connectivity index (χ2v) is 8.96. The number of hydrogen-bond acceptors (Lipinski definition) is 4. The van der Waals surface area contributed by atoms with Crippen LogP contribution in [-0.4, -0.2) is 52.3 Å². The first kappa shape index (κ1) is 21.5. The Morgan fingerprint density at radius 3 is 2.82 bits per heavy atom. The van der Waals surface area contributed by atoms with Crippen molar-refractivity contribution in [1.82, 2.24) is 9.47 Å². The minimum Gasteiger partial charge on any atom is -0.494 e. The average Bonchev–Trinajstić information content (AvgIpc) is 3.42. The van der Waals surface area contributed by atoms with E-state index in [1.54, 1.807) is 23.1 Å². The Labute approximate surface area is 193 Å². The van der Waals surface area contributed by atoms with Crippen LogP contribution in [0.5, 0.6) is 5.75 Å². The van der Waals surface area contributed by atoms with Gasteiger partial charge in [0.1, 0.15) is 5.75 Å². The van der Waals surface area contributed by atoms with Crippen molar-refractivity contribution in [3.63, 3.8) is 0 Å². The maximum atomic E-state index is 12.8. The number of anilines is 2. The molecular formula is C26H29N3O4. The quantitative estimate of drug-likeness (QED) is 0.537. The maximum Gasteiger partial charge on any atom is 0.415 e. The van der Waals surface area contributed by atoms with Gasteiger partial charge in [0, 0.05) is 36.3 Å². The third-order valence-electron chi connectivity index (χ3n) is 6.84. The van der Waals surface area contributed by atoms with E-state index in [0.29, 0.717) is 31.0 Å². The van der Waals surface area contributed by atoms with Gasteiger partial charge in [0.05, 0.1) is 17.8 Å². The molecular weight excluding hydrogens is 418 g/mol. The highest BCUT2D eigenvalue weighted by Gasteiger charge is 2.26. The summed E-state index contributed by atoms with van der Waals surface area (Å²) in [7, 11) is 0. The molecule has 1 N–H and O–H groups in total. The van der Waals surface area contributed by atoms with Gasteiger partial charge in [0.15, 0.2) is 0 Å². The number of aryl methyl sites for hydroxylation is 1. The molecule has 1 atom stereocenters. The van der Waals surface area contributed by atoms with Gasteiger partial charge in [0.25, 0.3) is 0 Å². The Morgan fingerprint density at radius 1 is 1.15 bits per heavy atom. The highest BCUT2D eigenvalue weighted by Crippen LogP contribution is 2.37. The van der Waals surface area contributed by atoms with Crippen molar-refractivity contribution in [2.75, 3.05) is 24.6 Å². The van der Waals surface area contributed by atoms with E-state index >= 15 is 0 Å². The normalized spacial score (nSPS) is 18.6. The number of rotatable bonds is 6. The molecule has 1 amide bonds. The summed E-state index contributed by atoms with van der Waals surface area (Å²) in [5.74, 6) is 0.874. The molecule has 1 fully saturated rings. The molecule has 0 unspecified atom stereocenters. The molecule has 0 spiro atoms. The Hall–Kier alpha value is -3.32. The van der Waals surface area contributed by atoms with E-state index in [-0.39, 0.29) is 5.91 Å². The van der Waals surface area contributed by atoms with E-state index < -0.39 is 6.09 Å². The lowest BCUT2D eigenvalue weighted by Gasteiger charge is -2.30. The van der Waals surface area contributed by atoms with Crippen LogP contribution in [0.2, 0.25) is 0 Å². The van der Waals surface area contributed by atoms with Crippen molar-refractivity contribution in [3.8, 4) is 5.75 Å². The SMILES string of the molecule is C[C@@H]1CCCN1CCCOc1ccc2c(c1)CCC(=O)N2c1ccc2c(ccn2C(=O)O)c1. The fourth-order valence-corrected chi connectivity index (χ4v) is 5.06. The number of aromatic nitrogens is 1.